The summed E-state index contributed by atoms with van der Waals surface area (Å²) in [4.78, 5) is 31.4. The maximum atomic E-state index is 12.1. The summed E-state index contributed by atoms with van der Waals surface area (Å²) in [5, 5.41) is 5.39. The number of anilines is 1. The molecule has 2 heterocycles. The molecule has 7 nitrogen and oxygen atoms in total. The lowest BCUT2D eigenvalue weighted by atomic mass is 10.2. The standard InChI is InChI=1S/C12H17N5O2/c1-6(2)11-15-5-8(13)10(17-11)12(19)16-7-3-9(18)14-4-7/h5-7H,3-4,13H2,1-2H3,(H,14,18)(H,16,19). The van der Waals surface area contributed by atoms with Gasteiger partial charge >= 0.3 is 0 Å². The highest BCUT2D eigenvalue weighted by Crippen LogP contribution is 2.14. The number of aromatic nitrogens is 2. The second-order valence-electron chi connectivity index (χ2n) is 4.87. The molecule has 0 saturated carbocycles. The average molecular weight is 263 g/mol. The fourth-order valence-corrected chi connectivity index (χ4v) is 1.83. The van der Waals surface area contributed by atoms with E-state index in [1.165, 1.54) is 6.20 Å². The van der Waals surface area contributed by atoms with Crippen molar-refractivity contribution >= 4 is 17.5 Å². The largest absolute Gasteiger partial charge is 0.396 e. The number of carbonyl (C=O) groups is 2. The van der Waals surface area contributed by atoms with Crippen molar-refractivity contribution in [3.63, 3.8) is 0 Å². The lowest BCUT2D eigenvalue weighted by molar-refractivity contribution is -0.119. The normalized spacial score (nSPS) is 18.5. The Balaban J connectivity index is 2.14. The quantitative estimate of drug-likeness (QED) is 0.699. The van der Waals surface area contributed by atoms with Crippen LogP contribution >= 0.6 is 0 Å². The Labute approximate surface area is 111 Å². The van der Waals surface area contributed by atoms with Gasteiger partial charge in [0.1, 0.15) is 5.82 Å². The van der Waals surface area contributed by atoms with Crippen LogP contribution in [0.5, 0.6) is 0 Å². The monoisotopic (exact) mass is 263 g/mol. The lowest BCUT2D eigenvalue weighted by Gasteiger charge is -2.12. The van der Waals surface area contributed by atoms with Gasteiger partial charge in [0.2, 0.25) is 5.91 Å². The van der Waals surface area contributed by atoms with Crippen LogP contribution < -0.4 is 16.4 Å². The maximum Gasteiger partial charge on any atom is 0.272 e. The summed E-state index contributed by atoms with van der Waals surface area (Å²) in [6.07, 6.45) is 1.73. The third kappa shape index (κ3) is 2.98. The molecule has 1 aromatic rings. The summed E-state index contributed by atoms with van der Waals surface area (Å²) in [5.41, 5.74) is 6.12. The number of hydrogen-bond acceptors (Lipinski definition) is 5. The zero-order valence-corrected chi connectivity index (χ0v) is 10.9. The number of rotatable bonds is 3. The van der Waals surface area contributed by atoms with Crippen molar-refractivity contribution < 1.29 is 9.59 Å². The third-order valence-corrected chi connectivity index (χ3v) is 2.88. The number of amides is 2. The van der Waals surface area contributed by atoms with Crippen LogP contribution in [0.15, 0.2) is 6.20 Å². The van der Waals surface area contributed by atoms with Gasteiger partial charge in [-0.25, -0.2) is 9.97 Å². The SMILES string of the molecule is CC(C)c1ncc(N)c(C(=O)NC2CNC(=O)C2)n1. The predicted molar refractivity (Wildman–Crippen MR) is 69.4 cm³/mol. The van der Waals surface area contributed by atoms with Gasteiger partial charge in [0.25, 0.3) is 5.91 Å². The van der Waals surface area contributed by atoms with Crippen LogP contribution in [0.4, 0.5) is 5.69 Å². The van der Waals surface area contributed by atoms with Gasteiger partial charge in [0.15, 0.2) is 5.69 Å². The Hall–Kier alpha value is -2.18. The van der Waals surface area contributed by atoms with Crippen molar-refractivity contribution in [1.29, 1.82) is 0 Å². The Bertz CT molecular complexity index is 515. The van der Waals surface area contributed by atoms with Crippen molar-refractivity contribution in [1.82, 2.24) is 20.6 Å². The molecule has 4 N–H and O–H groups in total. The van der Waals surface area contributed by atoms with Crippen molar-refractivity contribution in [2.45, 2.75) is 32.2 Å². The van der Waals surface area contributed by atoms with Gasteiger partial charge in [-0.1, -0.05) is 13.8 Å². The molecule has 1 aromatic heterocycles. The second-order valence-corrected chi connectivity index (χ2v) is 4.87. The number of nitrogens with one attached hydrogen (secondary N) is 2. The number of nitrogen functional groups attached to an aromatic ring is 1. The smallest absolute Gasteiger partial charge is 0.272 e. The molecule has 0 spiro atoms. The minimum Gasteiger partial charge on any atom is -0.396 e. The van der Waals surface area contributed by atoms with Crippen LogP contribution in [0, 0.1) is 0 Å². The number of carbonyl (C=O) groups excluding carboxylic acids is 2. The summed E-state index contributed by atoms with van der Waals surface area (Å²) < 4.78 is 0. The van der Waals surface area contributed by atoms with E-state index in [2.05, 4.69) is 20.6 Å². The van der Waals surface area contributed by atoms with Gasteiger partial charge in [0.05, 0.1) is 17.9 Å². The minimum absolute atomic E-state index is 0.0659. The molecule has 19 heavy (non-hydrogen) atoms. The molecule has 0 bridgehead atoms. The Morgan fingerprint density at radius 3 is 2.89 bits per heavy atom. The molecule has 2 rings (SSSR count). The van der Waals surface area contributed by atoms with Crippen molar-refractivity contribution in [3.8, 4) is 0 Å². The topological polar surface area (TPSA) is 110 Å². The van der Waals surface area contributed by atoms with E-state index in [4.69, 9.17) is 5.73 Å². The molecule has 1 atom stereocenters. The van der Waals surface area contributed by atoms with Gasteiger partial charge in [-0.05, 0) is 0 Å². The number of hydrogen-bond donors (Lipinski definition) is 3. The van der Waals surface area contributed by atoms with E-state index in [1.54, 1.807) is 0 Å². The molecule has 102 valence electrons. The average Bonchev–Trinajstić information content (AvgIpc) is 2.74. The highest BCUT2D eigenvalue weighted by Gasteiger charge is 2.25. The van der Waals surface area contributed by atoms with Gasteiger partial charge < -0.3 is 16.4 Å². The number of nitrogens with two attached hydrogens (primary N) is 1. The van der Waals surface area contributed by atoms with Crippen LogP contribution in [0.25, 0.3) is 0 Å². The molecule has 0 aliphatic carbocycles. The van der Waals surface area contributed by atoms with Crippen LogP contribution in [0.1, 0.15) is 42.5 Å². The summed E-state index contributed by atoms with van der Waals surface area (Å²) in [6.45, 7) is 4.31. The van der Waals surface area contributed by atoms with Gasteiger partial charge in [-0.2, -0.15) is 0 Å². The molecule has 1 saturated heterocycles. The van der Waals surface area contributed by atoms with Crippen molar-refractivity contribution in [2.75, 3.05) is 12.3 Å². The van der Waals surface area contributed by atoms with E-state index in [-0.39, 0.29) is 41.6 Å². The number of nitrogens with zero attached hydrogens (tertiary/aromatic N) is 2. The van der Waals surface area contributed by atoms with Crippen LogP contribution in [0.2, 0.25) is 0 Å². The Kier molecular flexibility index (Phi) is 3.64. The van der Waals surface area contributed by atoms with Gasteiger partial charge in [-0.3, -0.25) is 9.59 Å². The fraction of sp³-hybridized carbons (Fsp3) is 0.500. The second kappa shape index (κ2) is 5.21. The molecular weight excluding hydrogens is 246 g/mol. The van der Waals surface area contributed by atoms with Crippen LogP contribution in [-0.4, -0.2) is 34.4 Å². The van der Waals surface area contributed by atoms with Crippen LogP contribution in [-0.2, 0) is 4.79 Å². The summed E-state index contributed by atoms with van der Waals surface area (Å²) in [7, 11) is 0. The first-order valence-corrected chi connectivity index (χ1v) is 6.17. The van der Waals surface area contributed by atoms with Crippen molar-refractivity contribution in [2.24, 2.45) is 0 Å². The maximum absolute atomic E-state index is 12.1. The Morgan fingerprint density at radius 2 is 2.32 bits per heavy atom. The molecular formula is C12H17N5O2. The summed E-state index contributed by atoms with van der Waals surface area (Å²) in [5.74, 6) is 0.244. The fourth-order valence-electron chi connectivity index (χ4n) is 1.83. The van der Waals surface area contributed by atoms with Crippen molar-refractivity contribution in [3.05, 3.63) is 17.7 Å². The van der Waals surface area contributed by atoms with Gasteiger partial charge in [0, 0.05) is 18.9 Å². The first-order valence-electron chi connectivity index (χ1n) is 6.17. The summed E-state index contributed by atoms with van der Waals surface area (Å²) in [6, 6.07) is -0.211. The highest BCUT2D eigenvalue weighted by atomic mass is 16.2. The molecule has 1 unspecified atom stereocenters. The van der Waals surface area contributed by atoms with E-state index in [9.17, 15) is 9.59 Å². The molecule has 1 aliphatic rings. The van der Waals surface area contributed by atoms with Crippen LogP contribution in [0.3, 0.4) is 0 Å². The molecule has 2 amide bonds. The molecule has 0 radical (unpaired) electrons. The van der Waals surface area contributed by atoms with E-state index in [0.29, 0.717) is 12.4 Å². The molecule has 1 fully saturated rings. The third-order valence-electron chi connectivity index (χ3n) is 2.88. The van der Waals surface area contributed by atoms with E-state index >= 15 is 0 Å². The zero-order chi connectivity index (χ0) is 14.0. The minimum atomic E-state index is -0.372. The van der Waals surface area contributed by atoms with E-state index in [0.717, 1.165) is 0 Å². The molecule has 7 heteroatoms. The first-order chi connectivity index (χ1) is 8.97. The molecule has 0 aromatic carbocycles. The van der Waals surface area contributed by atoms with Gasteiger partial charge in [-0.15, -0.1) is 0 Å². The lowest BCUT2D eigenvalue weighted by Crippen LogP contribution is -2.37. The highest BCUT2D eigenvalue weighted by molar-refractivity contribution is 5.97. The first kappa shape index (κ1) is 13.3. The Morgan fingerprint density at radius 1 is 1.58 bits per heavy atom. The zero-order valence-electron chi connectivity index (χ0n) is 10.9. The van der Waals surface area contributed by atoms with E-state index in [1.807, 2.05) is 13.8 Å². The van der Waals surface area contributed by atoms with E-state index < -0.39 is 0 Å². The molecule has 1 aliphatic heterocycles. The summed E-state index contributed by atoms with van der Waals surface area (Å²) >= 11 is 0. The predicted octanol–water partition coefficient (Wildman–Crippen LogP) is -0.199.